The Hall–Kier alpha value is -1.22. The minimum atomic E-state index is -1.14. The molecule has 2 amide bonds. The molecule has 4 unspecified atom stereocenters. The predicted octanol–water partition coefficient (Wildman–Crippen LogP) is -1.11. The van der Waals surface area contributed by atoms with E-state index in [4.69, 9.17) is 9.47 Å². The zero-order valence-corrected chi connectivity index (χ0v) is 14.3. The van der Waals surface area contributed by atoms with Gasteiger partial charge < -0.3 is 29.9 Å². The van der Waals surface area contributed by atoms with Crippen LogP contribution in [0, 0.1) is 5.92 Å². The Balaban J connectivity index is 1.81. The van der Waals surface area contributed by atoms with Gasteiger partial charge in [-0.2, -0.15) is 0 Å². The van der Waals surface area contributed by atoms with Crippen molar-refractivity contribution in [3.8, 4) is 0 Å². The number of nitrogens with one attached hydrogen (secondary N) is 1. The maximum atomic E-state index is 12.3. The molecular weight excluding hydrogens is 316 g/mol. The summed E-state index contributed by atoms with van der Waals surface area (Å²) in [6.45, 7) is 3.60. The molecule has 2 saturated heterocycles. The first-order valence-electron chi connectivity index (χ1n) is 8.47. The highest BCUT2D eigenvalue weighted by Crippen LogP contribution is 2.25. The van der Waals surface area contributed by atoms with Crippen molar-refractivity contribution in [2.24, 2.45) is 5.92 Å². The summed E-state index contributed by atoms with van der Waals surface area (Å²) in [6, 6.07) is 0. The van der Waals surface area contributed by atoms with E-state index in [0.29, 0.717) is 5.92 Å². The maximum Gasteiger partial charge on any atom is 0.246 e. The van der Waals surface area contributed by atoms with Crippen LogP contribution in [0.4, 0.5) is 0 Å². The van der Waals surface area contributed by atoms with Crippen LogP contribution in [0.5, 0.6) is 0 Å². The zero-order valence-electron chi connectivity index (χ0n) is 14.3. The van der Waals surface area contributed by atoms with E-state index in [1.54, 1.807) is 4.90 Å². The number of amides is 2. The lowest BCUT2D eigenvalue weighted by Gasteiger charge is -2.31. The first kappa shape index (κ1) is 19.1. The third kappa shape index (κ3) is 4.89. The monoisotopic (exact) mass is 344 g/mol. The van der Waals surface area contributed by atoms with Gasteiger partial charge in [0.15, 0.2) is 0 Å². The quantitative estimate of drug-likeness (QED) is 0.564. The standard InChI is InChI=1S/C16H28N2O6/c1-10-3-5-18(6-4-10)14(20)7-11-15(21)16(22)12(24-11)8-17-13(19)9-23-2/h10-12,15-16,21-22H,3-9H2,1-2H3,(H,17,19). The van der Waals surface area contributed by atoms with Gasteiger partial charge in [0, 0.05) is 26.7 Å². The van der Waals surface area contributed by atoms with Gasteiger partial charge in [-0.25, -0.2) is 0 Å². The molecule has 3 N–H and O–H groups in total. The Kier molecular flexibility index (Phi) is 6.97. The largest absolute Gasteiger partial charge is 0.388 e. The summed E-state index contributed by atoms with van der Waals surface area (Å²) in [6.07, 6.45) is -1.76. The number of ether oxygens (including phenoxy) is 2. The molecule has 8 nitrogen and oxygen atoms in total. The Morgan fingerprint density at radius 2 is 1.83 bits per heavy atom. The van der Waals surface area contributed by atoms with Crippen LogP contribution >= 0.6 is 0 Å². The minimum absolute atomic E-state index is 0.0368. The summed E-state index contributed by atoms with van der Waals surface area (Å²) in [5.41, 5.74) is 0. The van der Waals surface area contributed by atoms with Crippen LogP contribution in [0.3, 0.4) is 0 Å². The molecule has 0 aromatic carbocycles. The van der Waals surface area contributed by atoms with Crippen molar-refractivity contribution in [2.75, 3.05) is 33.4 Å². The molecule has 4 atom stereocenters. The number of nitrogens with zero attached hydrogens (tertiary/aromatic N) is 1. The van der Waals surface area contributed by atoms with E-state index in [2.05, 4.69) is 12.2 Å². The molecule has 0 aliphatic carbocycles. The van der Waals surface area contributed by atoms with Crippen LogP contribution in [-0.4, -0.2) is 84.7 Å². The summed E-state index contributed by atoms with van der Waals surface area (Å²) in [5, 5.41) is 22.7. The Labute approximate surface area is 142 Å². The van der Waals surface area contributed by atoms with Crippen molar-refractivity contribution in [2.45, 2.75) is 50.6 Å². The third-order valence-electron chi connectivity index (χ3n) is 4.75. The molecule has 2 aliphatic heterocycles. The third-order valence-corrected chi connectivity index (χ3v) is 4.75. The number of rotatable bonds is 6. The zero-order chi connectivity index (χ0) is 17.7. The molecule has 2 rings (SSSR count). The number of hydrogen-bond donors (Lipinski definition) is 3. The van der Waals surface area contributed by atoms with Crippen LogP contribution < -0.4 is 5.32 Å². The molecule has 2 fully saturated rings. The number of methoxy groups -OCH3 is 1. The van der Waals surface area contributed by atoms with E-state index >= 15 is 0 Å². The lowest BCUT2D eigenvalue weighted by molar-refractivity contribution is -0.137. The number of hydrogen-bond acceptors (Lipinski definition) is 6. The molecule has 2 aliphatic rings. The average molecular weight is 344 g/mol. The van der Waals surface area contributed by atoms with Crippen molar-refractivity contribution >= 4 is 11.8 Å². The van der Waals surface area contributed by atoms with E-state index < -0.39 is 24.4 Å². The molecule has 138 valence electrons. The van der Waals surface area contributed by atoms with Crippen LogP contribution in [0.1, 0.15) is 26.2 Å². The lowest BCUT2D eigenvalue weighted by Crippen LogP contribution is -2.42. The summed E-state index contributed by atoms with van der Waals surface area (Å²) in [5.74, 6) is 0.233. The van der Waals surface area contributed by atoms with Gasteiger partial charge in [-0.05, 0) is 18.8 Å². The number of likely N-dealkylation sites (tertiary alicyclic amines) is 1. The SMILES string of the molecule is COCC(=O)NCC1OC(CC(=O)N2CCC(C)CC2)C(O)C1O. The number of carbonyl (C=O) groups excluding carboxylic acids is 2. The summed E-state index contributed by atoms with van der Waals surface area (Å²) in [7, 11) is 1.41. The van der Waals surface area contributed by atoms with E-state index in [9.17, 15) is 19.8 Å². The average Bonchev–Trinajstić information content (AvgIpc) is 2.82. The predicted molar refractivity (Wildman–Crippen MR) is 85.2 cm³/mol. The molecule has 0 aromatic rings. The summed E-state index contributed by atoms with van der Waals surface area (Å²) >= 11 is 0. The Bertz CT molecular complexity index is 438. The smallest absolute Gasteiger partial charge is 0.246 e. The number of aliphatic hydroxyl groups excluding tert-OH is 2. The van der Waals surface area contributed by atoms with Crippen molar-refractivity contribution in [3.05, 3.63) is 0 Å². The van der Waals surface area contributed by atoms with Gasteiger partial charge >= 0.3 is 0 Å². The van der Waals surface area contributed by atoms with Gasteiger partial charge in [0.05, 0.1) is 12.5 Å². The summed E-state index contributed by atoms with van der Waals surface area (Å²) < 4.78 is 10.3. The Morgan fingerprint density at radius 3 is 2.46 bits per heavy atom. The van der Waals surface area contributed by atoms with Gasteiger partial charge in [-0.15, -0.1) is 0 Å². The molecular formula is C16H28N2O6. The normalized spacial score (nSPS) is 31.2. The molecule has 8 heteroatoms. The van der Waals surface area contributed by atoms with Gasteiger partial charge in [-0.1, -0.05) is 6.92 Å². The van der Waals surface area contributed by atoms with Crippen molar-refractivity contribution in [1.82, 2.24) is 10.2 Å². The van der Waals surface area contributed by atoms with E-state index in [0.717, 1.165) is 25.9 Å². The first-order chi connectivity index (χ1) is 11.4. The van der Waals surface area contributed by atoms with Crippen LogP contribution in [0.2, 0.25) is 0 Å². The molecule has 0 aromatic heterocycles. The fourth-order valence-corrected chi connectivity index (χ4v) is 3.12. The topological polar surface area (TPSA) is 108 Å². The van der Waals surface area contributed by atoms with Gasteiger partial charge in [0.25, 0.3) is 0 Å². The van der Waals surface area contributed by atoms with Gasteiger partial charge in [-0.3, -0.25) is 9.59 Å². The van der Waals surface area contributed by atoms with E-state index in [-0.39, 0.29) is 31.4 Å². The Morgan fingerprint density at radius 1 is 1.21 bits per heavy atom. The minimum Gasteiger partial charge on any atom is -0.388 e. The molecule has 0 bridgehead atoms. The lowest BCUT2D eigenvalue weighted by atomic mass is 9.98. The molecule has 0 radical (unpaired) electrons. The fraction of sp³-hybridized carbons (Fsp3) is 0.875. The number of carbonyl (C=O) groups is 2. The maximum absolute atomic E-state index is 12.3. The highest BCUT2D eigenvalue weighted by molar-refractivity contribution is 5.77. The van der Waals surface area contributed by atoms with E-state index in [1.165, 1.54) is 7.11 Å². The van der Waals surface area contributed by atoms with Crippen molar-refractivity contribution in [3.63, 3.8) is 0 Å². The van der Waals surface area contributed by atoms with Gasteiger partial charge in [0.1, 0.15) is 24.9 Å². The number of aliphatic hydroxyl groups is 2. The number of piperidine rings is 1. The second-order valence-corrected chi connectivity index (χ2v) is 6.70. The highest BCUT2D eigenvalue weighted by atomic mass is 16.5. The van der Waals surface area contributed by atoms with Crippen molar-refractivity contribution in [1.29, 1.82) is 0 Å². The fourth-order valence-electron chi connectivity index (χ4n) is 3.12. The van der Waals surface area contributed by atoms with Crippen LogP contribution in [0.25, 0.3) is 0 Å². The van der Waals surface area contributed by atoms with E-state index in [1.807, 2.05) is 0 Å². The summed E-state index contributed by atoms with van der Waals surface area (Å²) in [4.78, 5) is 25.5. The second-order valence-electron chi connectivity index (χ2n) is 6.70. The van der Waals surface area contributed by atoms with Crippen LogP contribution in [-0.2, 0) is 19.1 Å². The van der Waals surface area contributed by atoms with Crippen molar-refractivity contribution < 1.29 is 29.3 Å². The second kappa shape index (κ2) is 8.75. The highest BCUT2D eigenvalue weighted by Gasteiger charge is 2.43. The van der Waals surface area contributed by atoms with Gasteiger partial charge in [0.2, 0.25) is 11.8 Å². The molecule has 24 heavy (non-hydrogen) atoms. The molecule has 2 heterocycles. The first-order valence-corrected chi connectivity index (χ1v) is 8.47. The molecule has 0 spiro atoms. The molecule has 0 saturated carbocycles. The van der Waals surface area contributed by atoms with Crippen LogP contribution in [0.15, 0.2) is 0 Å².